The molecule has 0 N–H and O–H groups in total. The molecule has 0 amide bonds. The van der Waals surface area contributed by atoms with Gasteiger partial charge in [-0.1, -0.05) is 75.2 Å². The van der Waals surface area contributed by atoms with Gasteiger partial charge >= 0.3 is 0 Å². The SMILES string of the molecule is CCc1cccc(CC)c1-c1cc(OC)c(CN(Cc2ccccc2)C2CCCC2)c(C)n1. The molecule has 0 unspecified atom stereocenters. The Balaban J connectivity index is 1.71. The topological polar surface area (TPSA) is 25.4 Å². The van der Waals surface area contributed by atoms with E-state index in [-0.39, 0.29) is 0 Å². The summed E-state index contributed by atoms with van der Waals surface area (Å²) in [6, 6.07) is 20.3. The standard InChI is InChI=1S/C30H38N2O/c1-5-24-15-12-16-25(6-2)30(24)28-19-29(33-4)27(22(3)31-28)21-32(26-17-10-11-18-26)20-23-13-8-7-9-14-23/h7-9,12-16,19,26H,5-6,10-11,17-18,20-21H2,1-4H3. The lowest BCUT2D eigenvalue weighted by atomic mass is 9.94. The number of pyridine rings is 1. The number of hydrogen-bond acceptors (Lipinski definition) is 3. The Hall–Kier alpha value is -2.65. The number of methoxy groups -OCH3 is 1. The molecular formula is C30H38N2O. The third-order valence-corrected chi connectivity index (χ3v) is 7.20. The second-order valence-electron chi connectivity index (χ2n) is 9.26. The van der Waals surface area contributed by atoms with Crippen molar-refractivity contribution in [2.24, 2.45) is 0 Å². The number of ether oxygens (including phenoxy) is 1. The van der Waals surface area contributed by atoms with Crippen LogP contribution in [0.5, 0.6) is 5.75 Å². The maximum absolute atomic E-state index is 5.98. The van der Waals surface area contributed by atoms with Crippen molar-refractivity contribution in [2.75, 3.05) is 7.11 Å². The van der Waals surface area contributed by atoms with E-state index in [0.717, 1.165) is 43.1 Å². The lowest BCUT2D eigenvalue weighted by molar-refractivity contribution is 0.178. The van der Waals surface area contributed by atoms with E-state index < -0.39 is 0 Å². The minimum Gasteiger partial charge on any atom is -0.496 e. The first kappa shape index (κ1) is 23.5. The molecule has 4 rings (SSSR count). The minimum atomic E-state index is 0.626. The van der Waals surface area contributed by atoms with Crippen molar-refractivity contribution >= 4 is 0 Å². The fraction of sp³-hybridized carbons (Fsp3) is 0.433. The molecule has 174 valence electrons. The highest BCUT2D eigenvalue weighted by Crippen LogP contribution is 2.35. The van der Waals surface area contributed by atoms with Crippen molar-refractivity contribution in [3.63, 3.8) is 0 Å². The summed E-state index contributed by atoms with van der Waals surface area (Å²) in [6.45, 7) is 8.43. The van der Waals surface area contributed by atoms with Crippen molar-refractivity contribution in [2.45, 2.75) is 78.4 Å². The molecule has 0 aliphatic heterocycles. The van der Waals surface area contributed by atoms with Gasteiger partial charge in [0, 0.05) is 42.0 Å². The van der Waals surface area contributed by atoms with Gasteiger partial charge in [-0.05, 0) is 49.3 Å². The highest BCUT2D eigenvalue weighted by atomic mass is 16.5. The van der Waals surface area contributed by atoms with Gasteiger partial charge in [-0.15, -0.1) is 0 Å². The van der Waals surface area contributed by atoms with Crippen LogP contribution in [-0.4, -0.2) is 23.0 Å². The summed E-state index contributed by atoms with van der Waals surface area (Å²) in [6.07, 6.45) is 7.22. The Bertz CT molecular complexity index is 1030. The average molecular weight is 443 g/mol. The van der Waals surface area contributed by atoms with Crippen LogP contribution in [0.3, 0.4) is 0 Å². The van der Waals surface area contributed by atoms with Crippen LogP contribution in [0.2, 0.25) is 0 Å². The fourth-order valence-electron chi connectivity index (χ4n) is 5.35. The van der Waals surface area contributed by atoms with Gasteiger partial charge in [-0.3, -0.25) is 9.88 Å². The lowest BCUT2D eigenvalue weighted by Crippen LogP contribution is -2.32. The minimum absolute atomic E-state index is 0.626. The highest BCUT2D eigenvalue weighted by molar-refractivity contribution is 5.70. The molecule has 0 atom stereocenters. The average Bonchev–Trinajstić information content (AvgIpc) is 3.39. The third kappa shape index (κ3) is 5.30. The van der Waals surface area contributed by atoms with Crippen molar-refractivity contribution in [3.8, 4) is 17.0 Å². The summed E-state index contributed by atoms with van der Waals surface area (Å²) in [5.74, 6) is 0.960. The van der Waals surface area contributed by atoms with Gasteiger partial charge in [-0.2, -0.15) is 0 Å². The molecule has 1 saturated carbocycles. The van der Waals surface area contributed by atoms with Gasteiger partial charge in [0.1, 0.15) is 5.75 Å². The van der Waals surface area contributed by atoms with E-state index in [9.17, 15) is 0 Å². The van der Waals surface area contributed by atoms with Gasteiger partial charge in [0.25, 0.3) is 0 Å². The Morgan fingerprint density at radius 2 is 1.58 bits per heavy atom. The van der Waals surface area contributed by atoms with E-state index >= 15 is 0 Å². The van der Waals surface area contributed by atoms with Crippen molar-refractivity contribution in [3.05, 3.63) is 82.5 Å². The molecular weight excluding hydrogens is 404 g/mol. The first-order valence-electron chi connectivity index (χ1n) is 12.6. The van der Waals surface area contributed by atoms with Gasteiger partial charge in [0.2, 0.25) is 0 Å². The summed E-state index contributed by atoms with van der Waals surface area (Å²) in [7, 11) is 1.80. The molecule has 2 aromatic carbocycles. The molecule has 0 radical (unpaired) electrons. The Morgan fingerprint density at radius 1 is 0.909 bits per heavy atom. The molecule has 1 heterocycles. The zero-order chi connectivity index (χ0) is 23.2. The number of benzene rings is 2. The van der Waals surface area contributed by atoms with Crippen LogP contribution in [0.15, 0.2) is 54.6 Å². The van der Waals surface area contributed by atoms with Crippen LogP contribution in [0.25, 0.3) is 11.3 Å². The quantitative estimate of drug-likeness (QED) is 0.352. The Labute approximate surface area is 199 Å². The lowest BCUT2D eigenvalue weighted by Gasteiger charge is -2.30. The van der Waals surface area contributed by atoms with Crippen LogP contribution < -0.4 is 4.74 Å². The predicted molar refractivity (Wildman–Crippen MR) is 138 cm³/mol. The number of nitrogens with zero attached hydrogens (tertiary/aromatic N) is 2. The second kappa shape index (κ2) is 11.0. The van der Waals surface area contributed by atoms with Gasteiger partial charge in [-0.25, -0.2) is 0 Å². The zero-order valence-electron chi connectivity index (χ0n) is 20.7. The molecule has 0 saturated heterocycles. The maximum atomic E-state index is 5.98. The summed E-state index contributed by atoms with van der Waals surface area (Å²) >= 11 is 0. The van der Waals surface area contributed by atoms with Crippen LogP contribution in [-0.2, 0) is 25.9 Å². The fourth-order valence-corrected chi connectivity index (χ4v) is 5.35. The van der Waals surface area contributed by atoms with Crippen LogP contribution in [0.1, 0.15) is 67.5 Å². The van der Waals surface area contributed by atoms with E-state index in [4.69, 9.17) is 9.72 Å². The first-order valence-corrected chi connectivity index (χ1v) is 12.6. The van der Waals surface area contributed by atoms with Crippen LogP contribution in [0, 0.1) is 6.92 Å². The summed E-state index contributed by atoms with van der Waals surface area (Å²) < 4.78 is 5.98. The molecule has 1 fully saturated rings. The van der Waals surface area contributed by atoms with Crippen molar-refractivity contribution in [1.82, 2.24) is 9.88 Å². The maximum Gasteiger partial charge on any atom is 0.127 e. The normalized spacial score (nSPS) is 14.2. The number of rotatable bonds is 9. The molecule has 1 aliphatic rings. The first-order chi connectivity index (χ1) is 16.1. The number of hydrogen-bond donors (Lipinski definition) is 0. The number of aryl methyl sites for hydroxylation is 3. The molecule has 1 aliphatic carbocycles. The molecule has 3 heteroatoms. The predicted octanol–water partition coefficient (Wildman–Crippen LogP) is 7.14. The second-order valence-corrected chi connectivity index (χ2v) is 9.26. The Kier molecular flexibility index (Phi) is 7.82. The summed E-state index contributed by atoms with van der Waals surface area (Å²) in [5.41, 5.74) is 8.70. The molecule has 1 aromatic heterocycles. The highest BCUT2D eigenvalue weighted by Gasteiger charge is 2.25. The largest absolute Gasteiger partial charge is 0.496 e. The molecule has 3 nitrogen and oxygen atoms in total. The van der Waals surface area contributed by atoms with Crippen molar-refractivity contribution < 1.29 is 4.74 Å². The van der Waals surface area contributed by atoms with Gasteiger partial charge in [0.15, 0.2) is 0 Å². The van der Waals surface area contributed by atoms with E-state index in [2.05, 4.69) is 80.3 Å². The number of aromatic nitrogens is 1. The van der Waals surface area contributed by atoms with E-state index in [1.54, 1.807) is 7.11 Å². The molecule has 0 spiro atoms. The summed E-state index contributed by atoms with van der Waals surface area (Å²) in [5, 5.41) is 0. The van der Waals surface area contributed by atoms with Gasteiger partial charge < -0.3 is 4.74 Å². The summed E-state index contributed by atoms with van der Waals surface area (Å²) in [4.78, 5) is 7.79. The monoisotopic (exact) mass is 442 g/mol. The van der Waals surface area contributed by atoms with Crippen LogP contribution >= 0.6 is 0 Å². The van der Waals surface area contributed by atoms with E-state index in [0.29, 0.717) is 6.04 Å². The van der Waals surface area contributed by atoms with E-state index in [1.165, 1.54) is 53.5 Å². The third-order valence-electron chi connectivity index (χ3n) is 7.20. The molecule has 0 bridgehead atoms. The Morgan fingerprint density at radius 3 is 2.18 bits per heavy atom. The van der Waals surface area contributed by atoms with E-state index in [1.807, 2.05) is 0 Å². The zero-order valence-corrected chi connectivity index (χ0v) is 20.7. The smallest absolute Gasteiger partial charge is 0.127 e. The van der Waals surface area contributed by atoms with Gasteiger partial charge in [0.05, 0.1) is 12.8 Å². The van der Waals surface area contributed by atoms with Crippen LogP contribution in [0.4, 0.5) is 0 Å². The molecule has 33 heavy (non-hydrogen) atoms. The molecule has 3 aromatic rings. The van der Waals surface area contributed by atoms with Crippen molar-refractivity contribution in [1.29, 1.82) is 0 Å².